The van der Waals surface area contributed by atoms with Crippen LogP contribution in [0, 0.1) is 20.8 Å². The third kappa shape index (κ3) is 3.53. The number of anilines is 1. The minimum Gasteiger partial charge on any atom is -0.494 e. The molecule has 0 atom stereocenters. The fourth-order valence-corrected chi connectivity index (χ4v) is 3.85. The molecular formula is C23H25N5O. The van der Waals surface area contributed by atoms with Crippen molar-refractivity contribution in [1.29, 1.82) is 0 Å². The predicted molar refractivity (Wildman–Crippen MR) is 116 cm³/mol. The van der Waals surface area contributed by atoms with E-state index >= 15 is 0 Å². The van der Waals surface area contributed by atoms with Crippen LogP contribution in [0.1, 0.15) is 29.6 Å². The Morgan fingerprint density at radius 1 is 0.966 bits per heavy atom. The van der Waals surface area contributed by atoms with Gasteiger partial charge in [-0.3, -0.25) is 4.98 Å². The number of hydrogen-bond donors (Lipinski definition) is 1. The molecule has 1 N–H and O–H groups in total. The Morgan fingerprint density at radius 3 is 2.41 bits per heavy atom. The molecule has 0 unspecified atom stereocenters. The molecule has 3 heterocycles. The van der Waals surface area contributed by atoms with Crippen molar-refractivity contribution < 1.29 is 4.74 Å². The second kappa shape index (κ2) is 7.91. The minimum atomic E-state index is 0.646. The van der Waals surface area contributed by atoms with Gasteiger partial charge >= 0.3 is 0 Å². The van der Waals surface area contributed by atoms with Crippen LogP contribution in [0.5, 0.6) is 5.75 Å². The van der Waals surface area contributed by atoms with Gasteiger partial charge in [-0.15, -0.1) is 5.10 Å². The molecule has 6 heteroatoms. The lowest BCUT2D eigenvalue weighted by molar-refractivity contribution is 0.340. The molecule has 4 aromatic rings. The van der Waals surface area contributed by atoms with Crippen molar-refractivity contribution in [3.05, 3.63) is 71.4 Å². The first-order chi connectivity index (χ1) is 14.1. The summed E-state index contributed by atoms with van der Waals surface area (Å²) in [5, 5.41) is 14.5. The lowest BCUT2D eigenvalue weighted by atomic mass is 10.1. The van der Waals surface area contributed by atoms with Gasteiger partial charge in [-0.2, -0.15) is 5.10 Å². The first-order valence-corrected chi connectivity index (χ1v) is 9.81. The largest absolute Gasteiger partial charge is 0.494 e. The highest BCUT2D eigenvalue weighted by Crippen LogP contribution is 2.34. The second-order valence-corrected chi connectivity index (χ2v) is 7.03. The van der Waals surface area contributed by atoms with Gasteiger partial charge < -0.3 is 14.6 Å². The van der Waals surface area contributed by atoms with Crippen LogP contribution in [0.2, 0.25) is 0 Å². The number of hydrogen-bond acceptors (Lipinski definition) is 5. The van der Waals surface area contributed by atoms with Crippen molar-refractivity contribution in [2.24, 2.45) is 0 Å². The van der Waals surface area contributed by atoms with Gasteiger partial charge in [-0.1, -0.05) is 6.07 Å². The zero-order valence-electron chi connectivity index (χ0n) is 17.2. The maximum Gasteiger partial charge on any atom is 0.158 e. The molecular weight excluding hydrogens is 362 g/mol. The molecule has 0 amide bonds. The van der Waals surface area contributed by atoms with E-state index in [4.69, 9.17) is 4.74 Å². The summed E-state index contributed by atoms with van der Waals surface area (Å²) in [6.07, 6.45) is 3.63. The molecule has 0 aliphatic heterocycles. The first kappa shape index (κ1) is 18.9. The highest BCUT2D eigenvalue weighted by molar-refractivity contribution is 5.98. The summed E-state index contributed by atoms with van der Waals surface area (Å²) >= 11 is 0. The topological polar surface area (TPSA) is 64.9 Å². The van der Waals surface area contributed by atoms with Gasteiger partial charge in [0.15, 0.2) is 5.82 Å². The molecule has 29 heavy (non-hydrogen) atoms. The summed E-state index contributed by atoms with van der Waals surface area (Å²) in [6.45, 7) is 9.56. The van der Waals surface area contributed by atoms with Gasteiger partial charge in [0.1, 0.15) is 5.75 Å². The maximum absolute atomic E-state index is 5.58. The molecule has 1 aromatic carbocycles. The van der Waals surface area contributed by atoms with Crippen LogP contribution in [0.25, 0.3) is 16.5 Å². The number of ether oxygens (including phenoxy) is 1. The molecule has 0 bridgehead atoms. The molecule has 6 nitrogen and oxygen atoms in total. The van der Waals surface area contributed by atoms with Gasteiger partial charge in [0.25, 0.3) is 0 Å². The summed E-state index contributed by atoms with van der Waals surface area (Å²) in [5.74, 6) is 1.67. The monoisotopic (exact) mass is 387 g/mol. The molecule has 0 aliphatic carbocycles. The van der Waals surface area contributed by atoms with E-state index in [1.54, 1.807) is 6.20 Å². The van der Waals surface area contributed by atoms with Crippen LogP contribution in [-0.4, -0.2) is 26.4 Å². The van der Waals surface area contributed by atoms with E-state index < -0.39 is 0 Å². The number of pyridine rings is 1. The molecule has 0 aliphatic rings. The number of nitrogens with zero attached hydrogens (tertiary/aromatic N) is 4. The first-order valence-electron chi connectivity index (χ1n) is 9.81. The van der Waals surface area contributed by atoms with E-state index in [1.165, 1.54) is 0 Å². The third-order valence-corrected chi connectivity index (χ3v) is 5.13. The average molecular weight is 387 g/mol. The molecule has 0 saturated heterocycles. The zero-order chi connectivity index (χ0) is 20.4. The maximum atomic E-state index is 5.58. The summed E-state index contributed by atoms with van der Waals surface area (Å²) in [4.78, 5) is 4.18. The Hall–Kier alpha value is -3.41. The van der Waals surface area contributed by atoms with Crippen molar-refractivity contribution in [2.75, 3.05) is 11.9 Å². The molecule has 0 fully saturated rings. The fourth-order valence-electron chi connectivity index (χ4n) is 3.85. The van der Waals surface area contributed by atoms with E-state index in [0.717, 1.165) is 50.7 Å². The van der Waals surface area contributed by atoms with Crippen LogP contribution in [0.3, 0.4) is 0 Å². The second-order valence-electron chi connectivity index (χ2n) is 7.03. The fraction of sp³-hybridized carbons (Fsp3) is 0.261. The number of benzene rings is 1. The Kier molecular flexibility index (Phi) is 5.16. The van der Waals surface area contributed by atoms with E-state index in [0.29, 0.717) is 13.2 Å². The van der Waals surface area contributed by atoms with Crippen LogP contribution in [0.15, 0.2) is 48.8 Å². The minimum absolute atomic E-state index is 0.646. The van der Waals surface area contributed by atoms with Gasteiger partial charge in [-0.25, -0.2) is 0 Å². The van der Waals surface area contributed by atoms with E-state index in [-0.39, 0.29) is 0 Å². The van der Waals surface area contributed by atoms with Crippen molar-refractivity contribution in [2.45, 2.75) is 34.2 Å². The van der Waals surface area contributed by atoms with Crippen LogP contribution in [0.4, 0.5) is 5.82 Å². The highest BCUT2D eigenvalue weighted by atomic mass is 16.5. The van der Waals surface area contributed by atoms with Crippen LogP contribution < -0.4 is 10.1 Å². The average Bonchev–Trinajstić information content (AvgIpc) is 3.01. The van der Waals surface area contributed by atoms with Crippen LogP contribution >= 0.6 is 0 Å². The SMILES string of the molecule is CCOc1ccc(-n2c(C)c3c(C)nnc(NCc4cccnc4)c3c2C)cc1. The third-order valence-electron chi connectivity index (χ3n) is 5.13. The zero-order valence-corrected chi connectivity index (χ0v) is 17.2. The summed E-state index contributed by atoms with van der Waals surface area (Å²) in [5.41, 5.74) is 5.41. The lowest BCUT2D eigenvalue weighted by Crippen LogP contribution is -2.04. The molecule has 0 spiro atoms. The van der Waals surface area contributed by atoms with E-state index in [9.17, 15) is 0 Å². The van der Waals surface area contributed by atoms with E-state index in [2.05, 4.69) is 51.0 Å². The smallest absolute Gasteiger partial charge is 0.158 e. The lowest BCUT2D eigenvalue weighted by Gasteiger charge is -2.11. The number of aromatic nitrogens is 4. The Labute approximate surface area is 170 Å². The molecule has 4 rings (SSSR count). The van der Waals surface area contributed by atoms with Gasteiger partial charge in [-0.05, 0) is 63.6 Å². The standard InChI is InChI=1S/C23H25N5O/c1-5-29-20-10-8-19(9-11-20)28-16(3)21-15(2)26-27-23(22(21)17(28)4)25-14-18-7-6-12-24-13-18/h6-13H,5,14H2,1-4H3,(H,25,27). The molecule has 0 radical (unpaired) electrons. The normalized spacial score (nSPS) is 11.0. The van der Waals surface area contributed by atoms with Gasteiger partial charge in [0.2, 0.25) is 0 Å². The Bertz CT molecular complexity index is 1130. The molecule has 3 aromatic heterocycles. The van der Waals surface area contributed by atoms with Crippen molar-refractivity contribution in [3.8, 4) is 11.4 Å². The molecule has 0 saturated carbocycles. The van der Waals surface area contributed by atoms with E-state index in [1.807, 2.05) is 44.3 Å². The van der Waals surface area contributed by atoms with Crippen LogP contribution in [-0.2, 0) is 6.54 Å². The van der Waals surface area contributed by atoms with Gasteiger partial charge in [0, 0.05) is 46.8 Å². The summed E-state index contributed by atoms with van der Waals surface area (Å²) < 4.78 is 7.84. The van der Waals surface area contributed by atoms with Gasteiger partial charge in [0.05, 0.1) is 12.3 Å². The number of fused-ring (bicyclic) bond motifs is 1. The van der Waals surface area contributed by atoms with Crippen molar-refractivity contribution >= 4 is 16.6 Å². The highest BCUT2D eigenvalue weighted by Gasteiger charge is 2.19. The molecule has 148 valence electrons. The quantitative estimate of drug-likeness (QED) is 0.517. The number of aryl methyl sites for hydroxylation is 3. The summed E-state index contributed by atoms with van der Waals surface area (Å²) in [7, 11) is 0. The number of nitrogens with one attached hydrogen (secondary N) is 1. The summed E-state index contributed by atoms with van der Waals surface area (Å²) in [6, 6.07) is 12.2. The predicted octanol–water partition coefficient (Wildman–Crippen LogP) is 4.75. The number of rotatable bonds is 6. The Morgan fingerprint density at radius 2 is 1.72 bits per heavy atom. The Balaban J connectivity index is 1.78. The van der Waals surface area contributed by atoms with Crippen molar-refractivity contribution in [1.82, 2.24) is 19.7 Å². The van der Waals surface area contributed by atoms with Crippen molar-refractivity contribution in [3.63, 3.8) is 0 Å².